The van der Waals surface area contributed by atoms with Crippen molar-refractivity contribution >= 4 is 11.8 Å². The van der Waals surface area contributed by atoms with Gasteiger partial charge in [-0.25, -0.2) is 0 Å². The van der Waals surface area contributed by atoms with Crippen LogP contribution in [0.25, 0.3) is 6.08 Å². The van der Waals surface area contributed by atoms with E-state index in [2.05, 4.69) is 13.0 Å². The summed E-state index contributed by atoms with van der Waals surface area (Å²) in [4.78, 5) is 10.0. The number of nitro groups is 1. The van der Waals surface area contributed by atoms with E-state index in [1.165, 1.54) is 25.0 Å². The molecule has 0 aliphatic carbocycles. The summed E-state index contributed by atoms with van der Waals surface area (Å²) in [6.45, 7) is 2.15. The first-order chi connectivity index (χ1) is 7.24. The second kappa shape index (κ2) is 5.96. The third kappa shape index (κ3) is 3.94. The molecule has 0 saturated heterocycles. The molecule has 3 heteroatoms. The molecule has 80 valence electrons. The summed E-state index contributed by atoms with van der Waals surface area (Å²) in [6.07, 6.45) is 7.53. The molecule has 0 radical (unpaired) electrons. The lowest BCUT2D eigenvalue weighted by Gasteiger charge is -1.93. The Hall–Kier alpha value is -1.64. The van der Waals surface area contributed by atoms with Gasteiger partial charge in [0.05, 0.1) is 4.92 Å². The summed E-state index contributed by atoms with van der Waals surface area (Å²) < 4.78 is 0. The van der Waals surface area contributed by atoms with E-state index >= 15 is 0 Å². The van der Waals surface area contributed by atoms with Gasteiger partial charge in [-0.15, -0.1) is 0 Å². The number of non-ortho nitro benzene ring substituents is 1. The van der Waals surface area contributed by atoms with Crippen LogP contribution in [-0.2, 0) is 0 Å². The van der Waals surface area contributed by atoms with Gasteiger partial charge in [0.1, 0.15) is 0 Å². The molecule has 0 atom stereocenters. The number of benzene rings is 1. The Labute approximate surface area is 89.6 Å². The Morgan fingerprint density at radius 2 is 2.00 bits per heavy atom. The highest BCUT2D eigenvalue weighted by molar-refractivity contribution is 5.51. The maximum absolute atomic E-state index is 10.4. The number of rotatable bonds is 5. The first-order valence-electron chi connectivity index (χ1n) is 5.15. The van der Waals surface area contributed by atoms with Crippen LogP contribution in [0.15, 0.2) is 30.3 Å². The third-order valence-electron chi connectivity index (χ3n) is 2.14. The molecule has 0 bridgehead atoms. The van der Waals surface area contributed by atoms with Crippen LogP contribution in [0.1, 0.15) is 31.7 Å². The zero-order valence-corrected chi connectivity index (χ0v) is 8.85. The highest BCUT2D eigenvalue weighted by Crippen LogP contribution is 2.13. The lowest BCUT2D eigenvalue weighted by Crippen LogP contribution is -1.86. The molecule has 1 aromatic carbocycles. The standard InChI is InChI=1S/C12H15NO2/c1-2-3-4-5-6-11-7-9-12(10-8-11)13(14)15/h5-10H,2-4H2,1H3/b6-5+. The van der Waals surface area contributed by atoms with Crippen molar-refractivity contribution in [2.24, 2.45) is 0 Å². The second-order valence-electron chi connectivity index (χ2n) is 3.39. The van der Waals surface area contributed by atoms with Crippen molar-refractivity contribution < 1.29 is 4.92 Å². The fourth-order valence-electron chi connectivity index (χ4n) is 1.25. The van der Waals surface area contributed by atoms with Crippen LogP contribution in [0.4, 0.5) is 5.69 Å². The van der Waals surface area contributed by atoms with E-state index in [1.807, 2.05) is 6.08 Å². The van der Waals surface area contributed by atoms with E-state index in [0.29, 0.717) is 0 Å². The largest absolute Gasteiger partial charge is 0.269 e. The molecule has 1 aromatic rings. The van der Waals surface area contributed by atoms with E-state index in [0.717, 1.165) is 12.0 Å². The SMILES string of the molecule is CCCC/C=C/c1ccc([N+](=O)[O-])cc1. The summed E-state index contributed by atoms with van der Waals surface area (Å²) in [6, 6.07) is 6.58. The van der Waals surface area contributed by atoms with Crippen LogP contribution in [-0.4, -0.2) is 4.92 Å². The molecule has 0 spiro atoms. The van der Waals surface area contributed by atoms with Crippen LogP contribution < -0.4 is 0 Å². The van der Waals surface area contributed by atoms with Crippen molar-refractivity contribution in [2.75, 3.05) is 0 Å². The molecule has 0 aliphatic heterocycles. The molecule has 0 N–H and O–H groups in total. The Balaban J connectivity index is 2.56. The number of allylic oxidation sites excluding steroid dienone is 1. The van der Waals surface area contributed by atoms with Crippen molar-refractivity contribution in [1.29, 1.82) is 0 Å². The smallest absolute Gasteiger partial charge is 0.258 e. The van der Waals surface area contributed by atoms with Gasteiger partial charge >= 0.3 is 0 Å². The van der Waals surface area contributed by atoms with Crippen LogP contribution in [0.5, 0.6) is 0 Å². The van der Waals surface area contributed by atoms with Gasteiger partial charge in [-0.2, -0.15) is 0 Å². The van der Waals surface area contributed by atoms with E-state index < -0.39 is 0 Å². The van der Waals surface area contributed by atoms with Crippen molar-refractivity contribution in [1.82, 2.24) is 0 Å². The first kappa shape index (κ1) is 11.4. The minimum Gasteiger partial charge on any atom is -0.258 e. The maximum Gasteiger partial charge on any atom is 0.269 e. The molecule has 0 unspecified atom stereocenters. The van der Waals surface area contributed by atoms with Crippen LogP contribution >= 0.6 is 0 Å². The van der Waals surface area contributed by atoms with Crippen molar-refractivity contribution in [3.63, 3.8) is 0 Å². The summed E-state index contributed by atoms with van der Waals surface area (Å²) in [5.41, 5.74) is 1.15. The number of hydrogen-bond acceptors (Lipinski definition) is 2. The van der Waals surface area contributed by atoms with Gasteiger partial charge in [0.25, 0.3) is 5.69 Å². The van der Waals surface area contributed by atoms with Crippen molar-refractivity contribution in [3.05, 3.63) is 46.0 Å². The Morgan fingerprint density at radius 3 is 2.53 bits per heavy atom. The predicted octanol–water partition coefficient (Wildman–Crippen LogP) is 3.80. The molecule has 1 rings (SSSR count). The Kier molecular flexibility index (Phi) is 4.54. The van der Waals surface area contributed by atoms with E-state index in [1.54, 1.807) is 12.1 Å². The zero-order valence-electron chi connectivity index (χ0n) is 8.85. The van der Waals surface area contributed by atoms with Crippen LogP contribution in [0.2, 0.25) is 0 Å². The quantitative estimate of drug-likeness (QED) is 0.417. The molecule has 0 amide bonds. The number of hydrogen-bond donors (Lipinski definition) is 0. The maximum atomic E-state index is 10.4. The van der Waals surface area contributed by atoms with Crippen LogP contribution in [0.3, 0.4) is 0 Å². The summed E-state index contributed by atoms with van der Waals surface area (Å²) in [7, 11) is 0. The molecule has 15 heavy (non-hydrogen) atoms. The van der Waals surface area contributed by atoms with Gasteiger partial charge in [0.15, 0.2) is 0 Å². The number of nitrogens with zero attached hydrogens (tertiary/aromatic N) is 1. The normalized spacial score (nSPS) is 10.7. The highest BCUT2D eigenvalue weighted by atomic mass is 16.6. The lowest BCUT2D eigenvalue weighted by molar-refractivity contribution is -0.384. The minimum absolute atomic E-state index is 0.140. The molecule has 0 aromatic heterocycles. The molecule has 0 fully saturated rings. The van der Waals surface area contributed by atoms with Gasteiger partial charge in [-0.3, -0.25) is 10.1 Å². The zero-order chi connectivity index (χ0) is 11.1. The Bertz CT molecular complexity index is 341. The molecule has 0 aliphatic rings. The molecule has 0 heterocycles. The van der Waals surface area contributed by atoms with Gasteiger partial charge in [-0.05, 0) is 24.1 Å². The van der Waals surface area contributed by atoms with Gasteiger partial charge in [0.2, 0.25) is 0 Å². The average molecular weight is 205 g/mol. The third-order valence-corrected chi connectivity index (χ3v) is 2.14. The highest BCUT2D eigenvalue weighted by Gasteiger charge is 2.01. The molecule has 0 saturated carbocycles. The van der Waals surface area contributed by atoms with Crippen molar-refractivity contribution in [2.45, 2.75) is 26.2 Å². The van der Waals surface area contributed by atoms with E-state index in [-0.39, 0.29) is 10.6 Å². The fraction of sp³-hybridized carbons (Fsp3) is 0.333. The topological polar surface area (TPSA) is 43.1 Å². The average Bonchev–Trinajstić information content (AvgIpc) is 2.25. The second-order valence-corrected chi connectivity index (χ2v) is 3.39. The predicted molar refractivity (Wildman–Crippen MR) is 61.7 cm³/mol. The Morgan fingerprint density at radius 1 is 1.33 bits per heavy atom. The summed E-state index contributed by atoms with van der Waals surface area (Å²) in [5.74, 6) is 0. The monoisotopic (exact) mass is 205 g/mol. The lowest BCUT2D eigenvalue weighted by atomic mass is 10.1. The van der Waals surface area contributed by atoms with Gasteiger partial charge < -0.3 is 0 Å². The van der Waals surface area contributed by atoms with E-state index in [4.69, 9.17) is 0 Å². The first-order valence-corrected chi connectivity index (χ1v) is 5.15. The van der Waals surface area contributed by atoms with E-state index in [9.17, 15) is 10.1 Å². The molecule has 3 nitrogen and oxygen atoms in total. The summed E-state index contributed by atoms with van der Waals surface area (Å²) in [5, 5.41) is 10.4. The number of nitro benzene ring substituents is 1. The molecular formula is C12H15NO2. The van der Waals surface area contributed by atoms with Gasteiger partial charge in [-0.1, -0.05) is 31.9 Å². The minimum atomic E-state index is -0.384. The summed E-state index contributed by atoms with van der Waals surface area (Å²) >= 11 is 0. The van der Waals surface area contributed by atoms with Crippen molar-refractivity contribution in [3.8, 4) is 0 Å². The van der Waals surface area contributed by atoms with Gasteiger partial charge in [0, 0.05) is 12.1 Å². The van der Waals surface area contributed by atoms with Crippen LogP contribution in [0, 0.1) is 10.1 Å². The fourth-order valence-corrected chi connectivity index (χ4v) is 1.25. The number of unbranched alkanes of at least 4 members (excludes halogenated alkanes) is 2. The molecular weight excluding hydrogens is 190 g/mol.